The van der Waals surface area contributed by atoms with Gasteiger partial charge in [-0.2, -0.15) is 0 Å². The van der Waals surface area contributed by atoms with Crippen molar-refractivity contribution in [2.24, 2.45) is 0 Å². The molecule has 0 aliphatic carbocycles. The van der Waals surface area contributed by atoms with Crippen LogP contribution in [0.3, 0.4) is 0 Å². The Hall–Kier alpha value is -0.970. The van der Waals surface area contributed by atoms with E-state index in [1.165, 1.54) is 6.07 Å². The van der Waals surface area contributed by atoms with Crippen LogP contribution < -0.4 is 5.32 Å². The van der Waals surface area contributed by atoms with Gasteiger partial charge in [0.1, 0.15) is 0 Å². The molecule has 2 rings (SSSR count). The topological polar surface area (TPSA) is 12.0 Å². The number of hydrogen-bond donors (Lipinski definition) is 1. The highest BCUT2D eigenvalue weighted by Crippen LogP contribution is 2.21. The Morgan fingerprint density at radius 3 is 2.53 bits per heavy atom. The van der Waals surface area contributed by atoms with Gasteiger partial charge in [0.2, 0.25) is 0 Å². The van der Waals surface area contributed by atoms with Crippen LogP contribution in [0, 0.1) is 11.6 Å². The van der Waals surface area contributed by atoms with Crippen LogP contribution in [-0.2, 0) is 13.1 Å². The fourth-order valence-electron chi connectivity index (χ4n) is 1.67. The summed E-state index contributed by atoms with van der Waals surface area (Å²) in [5.41, 5.74) is 1.70. The Morgan fingerprint density at radius 2 is 1.79 bits per heavy atom. The zero-order valence-electron chi connectivity index (χ0n) is 9.89. The van der Waals surface area contributed by atoms with Crippen molar-refractivity contribution < 1.29 is 8.78 Å². The van der Waals surface area contributed by atoms with Crippen molar-refractivity contribution in [3.8, 4) is 0 Å². The molecule has 1 nitrogen and oxygen atoms in total. The molecule has 2 aromatic carbocycles. The first-order chi connectivity index (χ1) is 9.06. The number of hydrogen-bond acceptors (Lipinski definition) is 1. The standard InChI is InChI=1S/C14H11BrClF2N/c15-12-3-2-11(16)6-10(12)8-19-7-9-1-4-13(17)14(18)5-9/h1-6,19H,7-8H2. The molecule has 0 fully saturated rings. The average Bonchev–Trinajstić information content (AvgIpc) is 2.38. The van der Waals surface area contributed by atoms with E-state index in [2.05, 4.69) is 21.2 Å². The highest BCUT2D eigenvalue weighted by atomic mass is 79.9. The van der Waals surface area contributed by atoms with Gasteiger partial charge in [0.25, 0.3) is 0 Å². The molecule has 0 aliphatic heterocycles. The highest BCUT2D eigenvalue weighted by Gasteiger charge is 2.04. The molecule has 0 heterocycles. The van der Waals surface area contributed by atoms with Gasteiger partial charge in [-0.15, -0.1) is 0 Å². The SMILES string of the molecule is Fc1ccc(CNCc2cc(Cl)ccc2Br)cc1F. The molecule has 0 atom stereocenters. The predicted octanol–water partition coefficient (Wildman–Crippen LogP) is 4.67. The Kier molecular flexibility index (Phi) is 4.91. The Bertz CT molecular complexity index is 590. The van der Waals surface area contributed by atoms with Crippen LogP contribution >= 0.6 is 27.5 Å². The van der Waals surface area contributed by atoms with E-state index in [9.17, 15) is 8.78 Å². The quantitative estimate of drug-likeness (QED) is 0.848. The molecule has 0 saturated heterocycles. The van der Waals surface area contributed by atoms with Gasteiger partial charge in [-0.3, -0.25) is 0 Å². The number of nitrogens with one attached hydrogen (secondary N) is 1. The minimum atomic E-state index is -0.832. The summed E-state index contributed by atoms with van der Waals surface area (Å²) in [5.74, 6) is -1.66. The third kappa shape index (κ3) is 4.00. The molecule has 0 saturated carbocycles. The number of halogens is 4. The molecule has 0 amide bonds. The fourth-order valence-corrected chi connectivity index (χ4v) is 2.25. The summed E-state index contributed by atoms with van der Waals surface area (Å²) >= 11 is 9.34. The van der Waals surface area contributed by atoms with E-state index in [0.29, 0.717) is 23.7 Å². The minimum absolute atomic E-state index is 0.455. The maximum absolute atomic E-state index is 13.0. The lowest BCUT2D eigenvalue weighted by Crippen LogP contribution is -2.13. The first-order valence-corrected chi connectivity index (χ1v) is 6.82. The van der Waals surface area contributed by atoms with E-state index in [1.807, 2.05) is 12.1 Å². The number of benzene rings is 2. The zero-order chi connectivity index (χ0) is 13.8. The van der Waals surface area contributed by atoms with Crippen LogP contribution in [0.4, 0.5) is 8.78 Å². The van der Waals surface area contributed by atoms with Gasteiger partial charge in [-0.25, -0.2) is 8.78 Å². The third-order valence-electron chi connectivity index (χ3n) is 2.64. The summed E-state index contributed by atoms with van der Waals surface area (Å²) in [6.07, 6.45) is 0. The molecule has 0 spiro atoms. The molecule has 0 aliphatic rings. The van der Waals surface area contributed by atoms with E-state index in [0.717, 1.165) is 16.1 Å². The summed E-state index contributed by atoms with van der Waals surface area (Å²) in [5, 5.41) is 3.81. The van der Waals surface area contributed by atoms with Crippen LogP contribution in [0.15, 0.2) is 40.9 Å². The van der Waals surface area contributed by atoms with Crippen LogP contribution in [0.5, 0.6) is 0 Å². The van der Waals surface area contributed by atoms with Gasteiger partial charge in [-0.05, 0) is 41.5 Å². The van der Waals surface area contributed by atoms with E-state index < -0.39 is 11.6 Å². The zero-order valence-corrected chi connectivity index (χ0v) is 12.2. The van der Waals surface area contributed by atoms with Gasteiger partial charge >= 0.3 is 0 Å². The van der Waals surface area contributed by atoms with Crippen molar-refractivity contribution in [3.05, 3.63) is 68.7 Å². The van der Waals surface area contributed by atoms with Gasteiger partial charge in [0, 0.05) is 22.6 Å². The van der Waals surface area contributed by atoms with Crippen LogP contribution in [0.1, 0.15) is 11.1 Å². The molecule has 1 N–H and O–H groups in total. The third-order valence-corrected chi connectivity index (χ3v) is 3.65. The van der Waals surface area contributed by atoms with Gasteiger partial charge in [0.15, 0.2) is 11.6 Å². The molecule has 0 radical (unpaired) electrons. The van der Waals surface area contributed by atoms with Crippen molar-refractivity contribution in [2.75, 3.05) is 0 Å². The molecule has 0 aromatic heterocycles. The molecule has 5 heteroatoms. The van der Waals surface area contributed by atoms with Crippen LogP contribution in [0.2, 0.25) is 5.02 Å². The summed E-state index contributed by atoms with van der Waals surface area (Å²) in [6.45, 7) is 1.04. The van der Waals surface area contributed by atoms with E-state index in [1.54, 1.807) is 12.1 Å². The van der Waals surface area contributed by atoms with Gasteiger partial charge < -0.3 is 5.32 Å². The first kappa shape index (κ1) is 14.4. The summed E-state index contributed by atoms with van der Waals surface area (Å²) < 4.78 is 26.7. The van der Waals surface area contributed by atoms with E-state index >= 15 is 0 Å². The second-order valence-corrected chi connectivity index (χ2v) is 5.38. The predicted molar refractivity (Wildman–Crippen MR) is 76.1 cm³/mol. The average molecular weight is 347 g/mol. The van der Waals surface area contributed by atoms with Crippen molar-refractivity contribution in [1.29, 1.82) is 0 Å². The normalized spacial score (nSPS) is 10.7. The maximum Gasteiger partial charge on any atom is 0.159 e. The lowest BCUT2D eigenvalue weighted by molar-refractivity contribution is 0.506. The Balaban J connectivity index is 1.96. The molecular weight excluding hydrogens is 336 g/mol. The molecule has 100 valence electrons. The van der Waals surface area contributed by atoms with Gasteiger partial charge in [-0.1, -0.05) is 33.6 Å². The largest absolute Gasteiger partial charge is 0.309 e. The van der Waals surface area contributed by atoms with Crippen molar-refractivity contribution in [1.82, 2.24) is 5.32 Å². The Labute approximate surface area is 123 Å². The maximum atomic E-state index is 13.0. The second kappa shape index (κ2) is 6.46. The van der Waals surface area contributed by atoms with Crippen molar-refractivity contribution in [3.63, 3.8) is 0 Å². The van der Waals surface area contributed by atoms with Crippen LogP contribution in [0.25, 0.3) is 0 Å². The summed E-state index contributed by atoms with van der Waals surface area (Å²) in [7, 11) is 0. The molecule has 2 aromatic rings. The summed E-state index contributed by atoms with van der Waals surface area (Å²) in [4.78, 5) is 0. The molecular formula is C14H11BrClF2N. The second-order valence-electron chi connectivity index (χ2n) is 4.09. The Morgan fingerprint density at radius 1 is 1.00 bits per heavy atom. The number of rotatable bonds is 4. The lowest BCUT2D eigenvalue weighted by Gasteiger charge is -2.08. The first-order valence-electron chi connectivity index (χ1n) is 5.65. The van der Waals surface area contributed by atoms with E-state index in [4.69, 9.17) is 11.6 Å². The van der Waals surface area contributed by atoms with Crippen LogP contribution in [-0.4, -0.2) is 0 Å². The molecule has 0 bridgehead atoms. The van der Waals surface area contributed by atoms with E-state index in [-0.39, 0.29) is 0 Å². The highest BCUT2D eigenvalue weighted by molar-refractivity contribution is 9.10. The van der Waals surface area contributed by atoms with Crippen molar-refractivity contribution in [2.45, 2.75) is 13.1 Å². The molecule has 0 unspecified atom stereocenters. The van der Waals surface area contributed by atoms with Crippen molar-refractivity contribution >= 4 is 27.5 Å². The lowest BCUT2D eigenvalue weighted by atomic mass is 10.2. The minimum Gasteiger partial charge on any atom is -0.309 e. The monoisotopic (exact) mass is 345 g/mol. The van der Waals surface area contributed by atoms with Gasteiger partial charge in [0.05, 0.1) is 0 Å². The fraction of sp³-hybridized carbons (Fsp3) is 0.143. The molecule has 19 heavy (non-hydrogen) atoms. The smallest absolute Gasteiger partial charge is 0.159 e. The summed E-state index contributed by atoms with van der Waals surface area (Å²) in [6, 6.07) is 9.39.